The second-order valence-electron chi connectivity index (χ2n) is 6.36. The van der Waals surface area contributed by atoms with Gasteiger partial charge in [0.1, 0.15) is 11.6 Å². The lowest BCUT2D eigenvalue weighted by atomic mass is 10.1. The van der Waals surface area contributed by atoms with Crippen LogP contribution in [0, 0.1) is 19.7 Å². The molecule has 0 saturated heterocycles. The van der Waals surface area contributed by atoms with E-state index in [4.69, 9.17) is 4.74 Å². The minimum absolute atomic E-state index is 0.200. The Hall–Kier alpha value is -2.34. The Morgan fingerprint density at radius 3 is 2.50 bits per heavy atom. The van der Waals surface area contributed by atoms with Crippen molar-refractivity contribution in [3.05, 3.63) is 70.8 Å². The number of nitrogens with zero attached hydrogens (tertiary/aromatic N) is 3. The van der Waals surface area contributed by atoms with Gasteiger partial charge in [-0.2, -0.15) is 0 Å². The highest BCUT2D eigenvalue weighted by Gasteiger charge is 2.18. The van der Waals surface area contributed by atoms with Crippen LogP contribution in [0.3, 0.4) is 0 Å². The molecule has 0 aliphatic heterocycles. The molecule has 0 radical (unpaired) electrons. The SMILES string of the molecule is Cc1cc(C)cc(OC(C)c2nnc(SCc3ccccc3F)n2C)c1. The van der Waals surface area contributed by atoms with E-state index in [0.717, 1.165) is 27.9 Å². The van der Waals surface area contributed by atoms with Crippen molar-refractivity contribution in [1.82, 2.24) is 14.8 Å². The maximum absolute atomic E-state index is 13.8. The molecule has 1 aromatic heterocycles. The summed E-state index contributed by atoms with van der Waals surface area (Å²) in [6, 6.07) is 12.9. The van der Waals surface area contributed by atoms with Crippen LogP contribution in [0.4, 0.5) is 4.39 Å². The molecule has 0 saturated carbocycles. The highest BCUT2D eigenvalue weighted by Crippen LogP contribution is 2.27. The lowest BCUT2D eigenvalue weighted by molar-refractivity contribution is 0.211. The zero-order valence-corrected chi connectivity index (χ0v) is 16.2. The van der Waals surface area contributed by atoms with Crippen LogP contribution in [0.1, 0.15) is 35.5 Å². The third-order valence-electron chi connectivity index (χ3n) is 4.05. The molecule has 0 bridgehead atoms. The molecular weight excluding hydrogens is 349 g/mol. The second kappa shape index (κ2) is 7.91. The fourth-order valence-corrected chi connectivity index (χ4v) is 3.73. The van der Waals surface area contributed by atoms with Crippen molar-refractivity contribution in [2.24, 2.45) is 7.05 Å². The summed E-state index contributed by atoms with van der Waals surface area (Å²) in [5, 5.41) is 9.23. The van der Waals surface area contributed by atoms with Gasteiger partial charge in [0.2, 0.25) is 0 Å². The highest BCUT2D eigenvalue weighted by atomic mass is 32.2. The van der Waals surface area contributed by atoms with Crippen LogP contribution in [-0.4, -0.2) is 14.8 Å². The zero-order chi connectivity index (χ0) is 18.7. The van der Waals surface area contributed by atoms with Crippen LogP contribution in [0.2, 0.25) is 0 Å². The zero-order valence-electron chi connectivity index (χ0n) is 15.4. The smallest absolute Gasteiger partial charge is 0.191 e. The molecule has 1 atom stereocenters. The molecule has 0 fully saturated rings. The molecule has 26 heavy (non-hydrogen) atoms. The van der Waals surface area contributed by atoms with Crippen LogP contribution in [0.5, 0.6) is 5.75 Å². The van der Waals surface area contributed by atoms with Crippen LogP contribution in [0.25, 0.3) is 0 Å². The van der Waals surface area contributed by atoms with Crippen molar-refractivity contribution in [2.45, 2.75) is 37.8 Å². The van der Waals surface area contributed by atoms with Gasteiger partial charge in [-0.05, 0) is 55.7 Å². The van der Waals surface area contributed by atoms with Gasteiger partial charge in [-0.1, -0.05) is 36.0 Å². The first-order chi connectivity index (χ1) is 12.4. The van der Waals surface area contributed by atoms with Crippen molar-refractivity contribution in [1.29, 1.82) is 0 Å². The number of thioether (sulfide) groups is 1. The van der Waals surface area contributed by atoms with Gasteiger partial charge in [0.15, 0.2) is 17.1 Å². The Kier molecular flexibility index (Phi) is 5.61. The third-order valence-corrected chi connectivity index (χ3v) is 5.12. The molecule has 136 valence electrons. The van der Waals surface area contributed by atoms with Gasteiger partial charge in [-0.15, -0.1) is 10.2 Å². The maximum Gasteiger partial charge on any atom is 0.191 e. The van der Waals surface area contributed by atoms with E-state index in [9.17, 15) is 4.39 Å². The van der Waals surface area contributed by atoms with Crippen LogP contribution in [-0.2, 0) is 12.8 Å². The second-order valence-corrected chi connectivity index (χ2v) is 7.31. The van der Waals surface area contributed by atoms with Crippen LogP contribution in [0.15, 0.2) is 47.6 Å². The molecule has 0 N–H and O–H groups in total. The summed E-state index contributed by atoms with van der Waals surface area (Å²) in [7, 11) is 1.90. The normalized spacial score (nSPS) is 12.2. The van der Waals surface area contributed by atoms with Crippen LogP contribution >= 0.6 is 11.8 Å². The monoisotopic (exact) mass is 371 g/mol. The summed E-state index contributed by atoms with van der Waals surface area (Å²) < 4.78 is 21.7. The van der Waals surface area contributed by atoms with E-state index < -0.39 is 0 Å². The lowest BCUT2D eigenvalue weighted by Crippen LogP contribution is -2.10. The van der Waals surface area contributed by atoms with Crippen molar-refractivity contribution in [3.63, 3.8) is 0 Å². The largest absolute Gasteiger partial charge is 0.483 e. The Balaban J connectivity index is 1.70. The quantitative estimate of drug-likeness (QED) is 0.572. The average Bonchev–Trinajstić information content (AvgIpc) is 2.94. The molecule has 3 aromatic rings. The summed E-state index contributed by atoms with van der Waals surface area (Å²) in [5.74, 6) is 1.86. The van der Waals surface area contributed by atoms with E-state index in [2.05, 4.69) is 16.3 Å². The predicted octanol–water partition coefficient (Wildman–Crippen LogP) is 5.00. The van der Waals surface area contributed by atoms with Gasteiger partial charge >= 0.3 is 0 Å². The van der Waals surface area contributed by atoms with Gasteiger partial charge in [-0.25, -0.2) is 4.39 Å². The molecule has 0 amide bonds. The average molecular weight is 371 g/mol. The molecule has 3 rings (SSSR count). The summed E-state index contributed by atoms with van der Waals surface area (Å²) in [4.78, 5) is 0. The minimum Gasteiger partial charge on any atom is -0.483 e. The number of ether oxygens (including phenoxy) is 1. The van der Waals surface area contributed by atoms with Crippen molar-refractivity contribution >= 4 is 11.8 Å². The fraction of sp³-hybridized carbons (Fsp3) is 0.300. The molecule has 6 heteroatoms. The van der Waals surface area contributed by atoms with E-state index in [1.54, 1.807) is 12.1 Å². The van der Waals surface area contributed by atoms with Gasteiger partial charge in [0.05, 0.1) is 0 Å². The number of rotatable bonds is 6. The summed E-state index contributed by atoms with van der Waals surface area (Å²) in [5.41, 5.74) is 2.97. The third kappa shape index (κ3) is 4.25. The van der Waals surface area contributed by atoms with E-state index in [1.165, 1.54) is 17.8 Å². The first kappa shape index (κ1) is 18.5. The Morgan fingerprint density at radius 2 is 1.81 bits per heavy atom. The van der Waals surface area contributed by atoms with Crippen LogP contribution < -0.4 is 4.74 Å². The van der Waals surface area contributed by atoms with Crippen molar-refractivity contribution in [3.8, 4) is 5.75 Å². The number of aryl methyl sites for hydroxylation is 2. The number of hydrogen-bond acceptors (Lipinski definition) is 4. The molecule has 1 unspecified atom stereocenters. The van der Waals surface area contributed by atoms with E-state index in [-0.39, 0.29) is 11.9 Å². The number of halogens is 1. The number of aromatic nitrogens is 3. The standard InChI is InChI=1S/C20H22FN3OS/c1-13-9-14(2)11-17(10-13)25-15(3)19-22-23-20(24(19)4)26-12-16-7-5-6-8-18(16)21/h5-11,15H,12H2,1-4H3. The van der Waals surface area contributed by atoms with Crippen molar-refractivity contribution < 1.29 is 9.13 Å². The fourth-order valence-electron chi connectivity index (χ4n) is 2.82. The summed E-state index contributed by atoms with van der Waals surface area (Å²) >= 11 is 1.46. The first-order valence-electron chi connectivity index (χ1n) is 8.44. The molecule has 0 aliphatic carbocycles. The van der Waals surface area contributed by atoms with E-state index >= 15 is 0 Å². The Labute approximate surface area is 157 Å². The van der Waals surface area contributed by atoms with Crippen molar-refractivity contribution in [2.75, 3.05) is 0 Å². The van der Waals surface area contributed by atoms with Gasteiger partial charge in [0.25, 0.3) is 0 Å². The number of benzene rings is 2. The summed E-state index contributed by atoms with van der Waals surface area (Å²) in [6.45, 7) is 6.04. The topological polar surface area (TPSA) is 39.9 Å². The Bertz CT molecular complexity index is 890. The molecule has 0 spiro atoms. The number of hydrogen-bond donors (Lipinski definition) is 0. The first-order valence-corrected chi connectivity index (χ1v) is 9.43. The molecule has 4 nitrogen and oxygen atoms in total. The molecule has 1 heterocycles. The maximum atomic E-state index is 13.8. The summed E-state index contributed by atoms with van der Waals surface area (Å²) in [6.07, 6.45) is -0.239. The lowest BCUT2D eigenvalue weighted by Gasteiger charge is -2.15. The minimum atomic E-state index is -0.239. The van der Waals surface area contributed by atoms with Gasteiger partial charge in [-0.3, -0.25) is 0 Å². The van der Waals surface area contributed by atoms with E-state index in [1.807, 2.05) is 50.6 Å². The molecule has 2 aromatic carbocycles. The predicted molar refractivity (Wildman–Crippen MR) is 102 cm³/mol. The van der Waals surface area contributed by atoms with Gasteiger partial charge < -0.3 is 9.30 Å². The molecule has 0 aliphatic rings. The Morgan fingerprint density at radius 1 is 1.12 bits per heavy atom. The van der Waals surface area contributed by atoms with Gasteiger partial charge in [0, 0.05) is 12.8 Å². The van der Waals surface area contributed by atoms with E-state index in [0.29, 0.717) is 11.3 Å². The highest BCUT2D eigenvalue weighted by molar-refractivity contribution is 7.98. The molecular formula is C20H22FN3OS.